The van der Waals surface area contributed by atoms with Gasteiger partial charge in [0.25, 0.3) is 0 Å². The molecule has 0 spiro atoms. The number of benzene rings is 1. The van der Waals surface area contributed by atoms with Gasteiger partial charge in [-0.3, -0.25) is 0 Å². The van der Waals surface area contributed by atoms with Gasteiger partial charge in [-0.1, -0.05) is 5.16 Å². The molecule has 20 heavy (non-hydrogen) atoms. The largest absolute Gasteiger partial charge is 0.497 e. The molecule has 7 heteroatoms. The SMILES string of the molecule is COc1ccc(/C(C)=N/O)c(OCCCC(F)(F)F)c1. The first-order valence-corrected chi connectivity index (χ1v) is 5.94. The fraction of sp³-hybridized carbons (Fsp3) is 0.462. The van der Waals surface area contributed by atoms with Crippen molar-refractivity contribution in [1.29, 1.82) is 0 Å². The summed E-state index contributed by atoms with van der Waals surface area (Å²) in [4.78, 5) is 0. The molecule has 0 saturated carbocycles. The third kappa shape index (κ3) is 4.99. The first-order chi connectivity index (χ1) is 9.37. The second-order valence-corrected chi connectivity index (χ2v) is 4.11. The second-order valence-electron chi connectivity index (χ2n) is 4.11. The van der Waals surface area contributed by atoms with E-state index in [1.54, 1.807) is 19.1 Å². The summed E-state index contributed by atoms with van der Waals surface area (Å²) >= 11 is 0. The van der Waals surface area contributed by atoms with Crippen molar-refractivity contribution in [3.05, 3.63) is 23.8 Å². The predicted molar refractivity (Wildman–Crippen MR) is 67.8 cm³/mol. The van der Waals surface area contributed by atoms with Gasteiger partial charge in [0.2, 0.25) is 0 Å². The molecule has 0 saturated heterocycles. The highest BCUT2D eigenvalue weighted by Gasteiger charge is 2.26. The summed E-state index contributed by atoms with van der Waals surface area (Å²) in [6, 6.07) is 4.80. The molecule has 0 aliphatic rings. The van der Waals surface area contributed by atoms with E-state index in [9.17, 15) is 13.2 Å². The molecule has 0 amide bonds. The van der Waals surface area contributed by atoms with Gasteiger partial charge in [0.15, 0.2) is 0 Å². The van der Waals surface area contributed by atoms with Gasteiger partial charge in [-0.05, 0) is 25.5 Å². The van der Waals surface area contributed by atoms with E-state index >= 15 is 0 Å². The van der Waals surface area contributed by atoms with Crippen LogP contribution >= 0.6 is 0 Å². The van der Waals surface area contributed by atoms with Crippen molar-refractivity contribution in [2.24, 2.45) is 5.16 Å². The highest BCUT2D eigenvalue weighted by atomic mass is 19.4. The Morgan fingerprint density at radius 3 is 2.60 bits per heavy atom. The van der Waals surface area contributed by atoms with Gasteiger partial charge in [0, 0.05) is 18.1 Å². The first kappa shape index (κ1) is 16.1. The summed E-state index contributed by atoms with van der Waals surface area (Å²) in [5.41, 5.74) is 0.804. The van der Waals surface area contributed by atoms with E-state index < -0.39 is 12.6 Å². The van der Waals surface area contributed by atoms with Crippen molar-refractivity contribution in [1.82, 2.24) is 0 Å². The van der Waals surface area contributed by atoms with Crippen LogP contribution in [-0.2, 0) is 0 Å². The van der Waals surface area contributed by atoms with E-state index in [1.807, 2.05) is 0 Å². The minimum absolute atomic E-state index is 0.0849. The number of ether oxygens (including phenoxy) is 2. The lowest BCUT2D eigenvalue weighted by Crippen LogP contribution is -2.10. The molecule has 0 radical (unpaired) electrons. The van der Waals surface area contributed by atoms with E-state index in [4.69, 9.17) is 14.7 Å². The Kier molecular flexibility index (Phi) is 5.66. The molecule has 0 aromatic heterocycles. The number of nitrogens with zero attached hydrogens (tertiary/aromatic N) is 1. The maximum atomic E-state index is 12.0. The molecule has 0 aliphatic carbocycles. The molecule has 1 aromatic carbocycles. The molecule has 1 rings (SSSR count). The monoisotopic (exact) mass is 291 g/mol. The van der Waals surface area contributed by atoms with Crippen LogP contribution in [-0.4, -0.2) is 30.8 Å². The van der Waals surface area contributed by atoms with Gasteiger partial charge in [0.1, 0.15) is 11.5 Å². The molecule has 0 unspecified atom stereocenters. The van der Waals surface area contributed by atoms with E-state index in [0.717, 1.165) is 0 Å². The van der Waals surface area contributed by atoms with Crippen LogP contribution in [0.5, 0.6) is 11.5 Å². The number of methoxy groups -OCH3 is 1. The van der Waals surface area contributed by atoms with E-state index in [0.29, 0.717) is 22.8 Å². The Bertz CT molecular complexity index is 472. The second kappa shape index (κ2) is 7.02. The maximum absolute atomic E-state index is 12.0. The van der Waals surface area contributed by atoms with Gasteiger partial charge in [-0.15, -0.1) is 0 Å². The van der Waals surface area contributed by atoms with Crippen molar-refractivity contribution in [2.45, 2.75) is 25.9 Å². The molecule has 0 fully saturated rings. The molecule has 0 atom stereocenters. The number of oxime groups is 1. The molecule has 1 aromatic rings. The molecule has 0 bridgehead atoms. The van der Waals surface area contributed by atoms with Crippen molar-refractivity contribution >= 4 is 5.71 Å². The molecule has 0 heterocycles. The predicted octanol–water partition coefficient (Wildman–Crippen LogP) is 3.61. The summed E-state index contributed by atoms with van der Waals surface area (Å²) in [7, 11) is 1.47. The topological polar surface area (TPSA) is 51.0 Å². The summed E-state index contributed by atoms with van der Waals surface area (Å²) in [6.07, 6.45) is -5.24. The van der Waals surface area contributed by atoms with Crippen LogP contribution in [0.15, 0.2) is 23.4 Å². The van der Waals surface area contributed by atoms with Gasteiger partial charge in [-0.2, -0.15) is 13.2 Å². The Balaban J connectivity index is 2.76. The van der Waals surface area contributed by atoms with Crippen LogP contribution < -0.4 is 9.47 Å². The Hall–Kier alpha value is -1.92. The van der Waals surface area contributed by atoms with Gasteiger partial charge in [0.05, 0.1) is 19.4 Å². The highest BCUT2D eigenvalue weighted by molar-refractivity contribution is 6.00. The van der Waals surface area contributed by atoms with Crippen molar-refractivity contribution < 1.29 is 27.9 Å². The lowest BCUT2D eigenvalue weighted by molar-refractivity contribution is -0.136. The van der Waals surface area contributed by atoms with Gasteiger partial charge >= 0.3 is 6.18 Å². The molecule has 1 N–H and O–H groups in total. The standard InChI is InChI=1S/C13H16F3NO3/c1-9(17-18)11-5-4-10(19-2)8-12(11)20-7-3-6-13(14,15)16/h4-5,8,18H,3,6-7H2,1-2H3/b17-9+. The van der Waals surface area contributed by atoms with Crippen LogP contribution in [0.2, 0.25) is 0 Å². The van der Waals surface area contributed by atoms with E-state index in [2.05, 4.69) is 5.16 Å². The van der Waals surface area contributed by atoms with Crippen molar-refractivity contribution in [3.8, 4) is 11.5 Å². The maximum Gasteiger partial charge on any atom is 0.389 e. The highest BCUT2D eigenvalue weighted by Crippen LogP contribution is 2.27. The Labute approximate surface area is 114 Å². The zero-order valence-electron chi connectivity index (χ0n) is 11.2. The van der Waals surface area contributed by atoms with Crippen LogP contribution in [0.1, 0.15) is 25.3 Å². The number of hydrogen-bond acceptors (Lipinski definition) is 4. The minimum Gasteiger partial charge on any atom is -0.497 e. The van der Waals surface area contributed by atoms with Crippen LogP contribution in [0.4, 0.5) is 13.2 Å². The van der Waals surface area contributed by atoms with E-state index in [-0.39, 0.29) is 13.0 Å². The fourth-order valence-corrected chi connectivity index (χ4v) is 1.56. The summed E-state index contributed by atoms with van der Waals surface area (Å²) in [5, 5.41) is 11.8. The van der Waals surface area contributed by atoms with Crippen molar-refractivity contribution in [3.63, 3.8) is 0 Å². The smallest absolute Gasteiger partial charge is 0.389 e. The summed E-state index contributed by atoms with van der Waals surface area (Å²) < 4.78 is 46.5. The quantitative estimate of drug-likeness (QED) is 0.377. The zero-order valence-corrected chi connectivity index (χ0v) is 11.2. The third-order valence-electron chi connectivity index (χ3n) is 2.59. The average Bonchev–Trinajstić information content (AvgIpc) is 2.41. The van der Waals surface area contributed by atoms with Gasteiger partial charge < -0.3 is 14.7 Å². The number of alkyl halides is 3. The fourth-order valence-electron chi connectivity index (χ4n) is 1.56. The molecule has 112 valence electrons. The van der Waals surface area contributed by atoms with Crippen LogP contribution in [0.3, 0.4) is 0 Å². The Morgan fingerprint density at radius 1 is 1.35 bits per heavy atom. The van der Waals surface area contributed by atoms with Crippen LogP contribution in [0, 0.1) is 0 Å². The summed E-state index contributed by atoms with van der Waals surface area (Å²) in [6.45, 7) is 1.47. The third-order valence-corrected chi connectivity index (χ3v) is 2.59. The van der Waals surface area contributed by atoms with Crippen molar-refractivity contribution in [2.75, 3.05) is 13.7 Å². The lowest BCUT2D eigenvalue weighted by Gasteiger charge is -2.13. The number of hydrogen-bond donors (Lipinski definition) is 1. The summed E-state index contributed by atoms with van der Waals surface area (Å²) in [5.74, 6) is 0.826. The normalized spacial score (nSPS) is 12.3. The first-order valence-electron chi connectivity index (χ1n) is 5.94. The number of rotatable bonds is 6. The number of halogens is 3. The average molecular weight is 291 g/mol. The molecule has 4 nitrogen and oxygen atoms in total. The Morgan fingerprint density at radius 2 is 2.05 bits per heavy atom. The minimum atomic E-state index is -4.19. The van der Waals surface area contributed by atoms with E-state index in [1.165, 1.54) is 13.2 Å². The molecule has 0 aliphatic heterocycles. The van der Waals surface area contributed by atoms with Crippen LogP contribution in [0.25, 0.3) is 0 Å². The molecular formula is C13H16F3NO3. The lowest BCUT2D eigenvalue weighted by atomic mass is 10.1. The van der Waals surface area contributed by atoms with Gasteiger partial charge in [-0.25, -0.2) is 0 Å². The zero-order chi connectivity index (χ0) is 15.2. The molecular weight excluding hydrogens is 275 g/mol.